The van der Waals surface area contributed by atoms with Crippen LogP contribution in [0.2, 0.25) is 0 Å². The molecule has 4 rings (SSSR count). The van der Waals surface area contributed by atoms with Crippen LogP contribution in [0.5, 0.6) is 0 Å². The number of hydrogen-bond acceptors (Lipinski definition) is 5. The van der Waals surface area contributed by atoms with Gasteiger partial charge in [-0.2, -0.15) is 5.10 Å². The summed E-state index contributed by atoms with van der Waals surface area (Å²) in [4.78, 5) is 21.4. The Kier molecular flexibility index (Phi) is 5.96. The molecule has 0 atom stereocenters. The minimum Gasteiger partial charge on any atom is -0.351 e. The van der Waals surface area contributed by atoms with Gasteiger partial charge in [-0.3, -0.25) is 4.79 Å². The van der Waals surface area contributed by atoms with Gasteiger partial charge in [0.2, 0.25) is 0 Å². The minimum absolute atomic E-state index is 0.0520. The SMILES string of the molecule is CC1CCN(CCNC(=O)c2cc(-c3cccs3)nc3c2cnn3C(C)C)CC1. The van der Waals surface area contributed by atoms with Gasteiger partial charge in [-0.1, -0.05) is 13.0 Å². The van der Waals surface area contributed by atoms with Crippen molar-refractivity contribution < 1.29 is 4.79 Å². The Balaban J connectivity index is 1.56. The number of likely N-dealkylation sites (tertiary alicyclic amines) is 1. The van der Waals surface area contributed by atoms with Gasteiger partial charge in [0.1, 0.15) is 0 Å². The van der Waals surface area contributed by atoms with E-state index in [1.165, 1.54) is 12.8 Å². The van der Waals surface area contributed by atoms with Gasteiger partial charge in [0, 0.05) is 19.1 Å². The molecule has 6 nitrogen and oxygen atoms in total. The zero-order valence-corrected chi connectivity index (χ0v) is 18.2. The lowest BCUT2D eigenvalue weighted by molar-refractivity contribution is 0.0946. The third kappa shape index (κ3) is 4.36. The Bertz CT molecular complexity index is 971. The van der Waals surface area contributed by atoms with E-state index in [9.17, 15) is 4.79 Å². The molecule has 1 saturated heterocycles. The van der Waals surface area contributed by atoms with Gasteiger partial charge in [0.05, 0.1) is 27.7 Å². The first-order valence-electron chi connectivity index (χ1n) is 10.5. The molecule has 0 aromatic carbocycles. The van der Waals surface area contributed by atoms with Crippen LogP contribution in [-0.4, -0.2) is 51.8 Å². The average Bonchev–Trinajstić information content (AvgIpc) is 3.38. The molecule has 154 valence electrons. The number of hydrogen-bond donors (Lipinski definition) is 1. The van der Waals surface area contributed by atoms with E-state index in [4.69, 9.17) is 4.98 Å². The maximum Gasteiger partial charge on any atom is 0.252 e. The fourth-order valence-electron chi connectivity index (χ4n) is 3.84. The molecular formula is C22H29N5OS. The molecular weight excluding hydrogens is 382 g/mol. The smallest absolute Gasteiger partial charge is 0.252 e. The molecule has 1 aliphatic heterocycles. The summed E-state index contributed by atoms with van der Waals surface area (Å²) in [5.74, 6) is 0.767. The zero-order chi connectivity index (χ0) is 20.4. The molecule has 1 fully saturated rings. The lowest BCUT2D eigenvalue weighted by Gasteiger charge is -2.30. The summed E-state index contributed by atoms with van der Waals surface area (Å²) in [6.07, 6.45) is 4.26. The summed E-state index contributed by atoms with van der Waals surface area (Å²) in [6, 6.07) is 6.12. The van der Waals surface area contributed by atoms with Crippen molar-refractivity contribution in [3.63, 3.8) is 0 Å². The standard InChI is InChI=1S/C22H29N5OS/c1-15(2)27-21-18(14-24-27)17(13-19(25-21)20-5-4-12-29-20)22(28)23-8-11-26-9-6-16(3)7-10-26/h4-5,12-16H,6-11H2,1-3H3,(H,23,28). The van der Waals surface area contributed by atoms with Crippen molar-refractivity contribution in [3.8, 4) is 10.6 Å². The number of fused-ring (bicyclic) bond motifs is 1. The molecule has 0 radical (unpaired) electrons. The fourth-order valence-corrected chi connectivity index (χ4v) is 4.53. The normalized spacial score (nSPS) is 16.0. The highest BCUT2D eigenvalue weighted by molar-refractivity contribution is 7.13. The predicted octanol–water partition coefficient (Wildman–Crippen LogP) is 4.20. The first kappa shape index (κ1) is 20.0. The molecule has 0 spiro atoms. The highest BCUT2D eigenvalue weighted by Gasteiger charge is 2.20. The number of pyridine rings is 1. The van der Waals surface area contributed by atoms with Gasteiger partial charge in [0.15, 0.2) is 5.65 Å². The Morgan fingerprint density at radius 2 is 2.14 bits per heavy atom. The lowest BCUT2D eigenvalue weighted by Crippen LogP contribution is -2.39. The van der Waals surface area contributed by atoms with Crippen LogP contribution in [0.4, 0.5) is 0 Å². The highest BCUT2D eigenvalue weighted by atomic mass is 32.1. The minimum atomic E-state index is -0.0520. The number of amides is 1. The van der Waals surface area contributed by atoms with Crippen LogP contribution in [-0.2, 0) is 0 Å². The number of nitrogens with one attached hydrogen (secondary N) is 1. The second-order valence-electron chi connectivity index (χ2n) is 8.23. The number of carbonyl (C=O) groups excluding carboxylic acids is 1. The first-order valence-corrected chi connectivity index (χ1v) is 11.3. The van der Waals surface area contributed by atoms with Crippen LogP contribution in [0, 0.1) is 5.92 Å². The molecule has 1 N–H and O–H groups in total. The van der Waals surface area contributed by atoms with Crippen molar-refractivity contribution in [2.45, 2.75) is 39.7 Å². The van der Waals surface area contributed by atoms with E-state index < -0.39 is 0 Å². The van der Waals surface area contributed by atoms with Gasteiger partial charge in [-0.05, 0) is 63.2 Å². The molecule has 1 amide bonds. The summed E-state index contributed by atoms with van der Waals surface area (Å²) in [5.41, 5.74) is 2.24. The summed E-state index contributed by atoms with van der Waals surface area (Å²) in [5, 5.41) is 10.4. The number of rotatable bonds is 6. The third-order valence-electron chi connectivity index (χ3n) is 5.66. The van der Waals surface area contributed by atoms with Gasteiger partial charge in [-0.25, -0.2) is 9.67 Å². The van der Waals surface area contributed by atoms with Crippen LogP contribution in [0.3, 0.4) is 0 Å². The molecule has 29 heavy (non-hydrogen) atoms. The number of piperidine rings is 1. The van der Waals surface area contributed by atoms with Crippen LogP contribution < -0.4 is 5.32 Å². The molecule has 0 unspecified atom stereocenters. The Morgan fingerprint density at radius 1 is 1.34 bits per heavy atom. The molecule has 3 aromatic heterocycles. The van der Waals surface area contributed by atoms with Gasteiger partial charge in [0.25, 0.3) is 5.91 Å². The van der Waals surface area contributed by atoms with Crippen molar-refractivity contribution in [3.05, 3.63) is 35.3 Å². The topological polar surface area (TPSA) is 63.1 Å². The van der Waals surface area contributed by atoms with Crippen molar-refractivity contribution in [1.29, 1.82) is 0 Å². The third-order valence-corrected chi connectivity index (χ3v) is 6.56. The van der Waals surface area contributed by atoms with Crippen LogP contribution in [0.1, 0.15) is 50.0 Å². The van der Waals surface area contributed by atoms with Crippen LogP contribution in [0.25, 0.3) is 21.6 Å². The summed E-state index contributed by atoms with van der Waals surface area (Å²) < 4.78 is 1.89. The monoisotopic (exact) mass is 411 g/mol. The van der Waals surface area contributed by atoms with Crippen LogP contribution in [0.15, 0.2) is 29.8 Å². The van der Waals surface area contributed by atoms with Gasteiger partial charge >= 0.3 is 0 Å². The van der Waals surface area contributed by atoms with Crippen molar-refractivity contribution >= 4 is 28.3 Å². The van der Waals surface area contributed by atoms with Crippen molar-refractivity contribution in [2.75, 3.05) is 26.2 Å². The average molecular weight is 412 g/mol. The summed E-state index contributed by atoms with van der Waals surface area (Å²) in [7, 11) is 0. The molecule has 0 aliphatic carbocycles. The van der Waals surface area contributed by atoms with Gasteiger partial charge < -0.3 is 10.2 Å². The zero-order valence-electron chi connectivity index (χ0n) is 17.4. The van der Waals surface area contributed by atoms with Crippen molar-refractivity contribution in [1.82, 2.24) is 25.0 Å². The van der Waals surface area contributed by atoms with E-state index in [-0.39, 0.29) is 11.9 Å². The first-order chi connectivity index (χ1) is 14.0. The molecule has 3 aromatic rings. The Morgan fingerprint density at radius 3 is 2.83 bits per heavy atom. The largest absolute Gasteiger partial charge is 0.351 e. The van der Waals surface area contributed by atoms with E-state index >= 15 is 0 Å². The van der Waals surface area contributed by atoms with E-state index in [1.54, 1.807) is 17.5 Å². The Hall–Kier alpha value is -2.25. The van der Waals surface area contributed by atoms with Crippen LogP contribution >= 0.6 is 11.3 Å². The van der Waals surface area contributed by atoms with Crippen molar-refractivity contribution in [2.24, 2.45) is 5.92 Å². The van der Waals surface area contributed by atoms with E-state index in [0.29, 0.717) is 12.1 Å². The molecule has 0 bridgehead atoms. The number of nitrogens with zero attached hydrogens (tertiary/aromatic N) is 4. The fraction of sp³-hybridized carbons (Fsp3) is 0.500. The maximum absolute atomic E-state index is 13.1. The molecule has 7 heteroatoms. The Labute approximate surface area is 175 Å². The summed E-state index contributed by atoms with van der Waals surface area (Å²) in [6.45, 7) is 10.3. The van der Waals surface area contributed by atoms with E-state index in [0.717, 1.165) is 47.2 Å². The second kappa shape index (κ2) is 8.63. The number of thiophene rings is 1. The molecule has 0 saturated carbocycles. The second-order valence-corrected chi connectivity index (χ2v) is 9.18. The van der Waals surface area contributed by atoms with Gasteiger partial charge in [-0.15, -0.1) is 11.3 Å². The quantitative estimate of drug-likeness (QED) is 0.660. The number of aromatic nitrogens is 3. The van der Waals surface area contributed by atoms with E-state index in [2.05, 4.69) is 36.1 Å². The van der Waals surface area contributed by atoms with E-state index in [1.807, 2.05) is 28.3 Å². The maximum atomic E-state index is 13.1. The number of carbonyl (C=O) groups is 1. The highest BCUT2D eigenvalue weighted by Crippen LogP contribution is 2.28. The lowest BCUT2D eigenvalue weighted by atomic mass is 9.99. The predicted molar refractivity (Wildman–Crippen MR) is 118 cm³/mol. The molecule has 4 heterocycles. The summed E-state index contributed by atoms with van der Waals surface area (Å²) >= 11 is 1.63. The molecule has 1 aliphatic rings.